The van der Waals surface area contributed by atoms with E-state index in [1.165, 1.54) is 0 Å². The molecule has 232 valence electrons. The fourth-order valence-electron chi connectivity index (χ4n) is 4.94. The van der Waals surface area contributed by atoms with Crippen LogP contribution >= 0.6 is 0 Å². The molecule has 14 heteroatoms. The van der Waals surface area contributed by atoms with Gasteiger partial charge in [-0.25, -0.2) is 4.79 Å². The number of aliphatic carboxylic acids is 2. The summed E-state index contributed by atoms with van der Waals surface area (Å²) >= 11 is 0. The van der Waals surface area contributed by atoms with Gasteiger partial charge < -0.3 is 47.0 Å². The number of carbonyl (C=O) groups is 5. The summed E-state index contributed by atoms with van der Waals surface area (Å²) in [6.45, 7) is 1.14. The van der Waals surface area contributed by atoms with Gasteiger partial charge in [0.15, 0.2) is 6.04 Å². The molecule has 2 heterocycles. The van der Waals surface area contributed by atoms with Gasteiger partial charge in [0, 0.05) is 40.6 Å². The Morgan fingerprint density at radius 2 is 1.25 bits per heavy atom. The predicted octanol–water partition coefficient (Wildman–Crippen LogP) is 0.156. The largest absolute Gasteiger partial charge is 0.481 e. The Hall–Kier alpha value is -5.21. The molecule has 10 N–H and O–H groups in total. The summed E-state index contributed by atoms with van der Waals surface area (Å²) in [5.41, 5.74) is 9.36. The molecule has 4 rings (SSSR count). The molecule has 0 saturated heterocycles. The molecule has 0 bridgehead atoms. The van der Waals surface area contributed by atoms with Gasteiger partial charge in [-0.05, 0) is 36.6 Å². The van der Waals surface area contributed by atoms with E-state index in [9.17, 15) is 39.3 Å². The number of rotatable bonds is 14. The molecule has 2 aromatic carbocycles. The average Bonchev–Trinajstić information content (AvgIpc) is 3.58. The van der Waals surface area contributed by atoms with E-state index in [2.05, 4.69) is 25.9 Å². The Kier molecular flexibility index (Phi) is 9.98. The second-order valence-corrected chi connectivity index (χ2v) is 10.5. The predicted molar refractivity (Wildman–Crippen MR) is 159 cm³/mol. The first-order chi connectivity index (χ1) is 20.9. The van der Waals surface area contributed by atoms with Crippen LogP contribution in [0.3, 0.4) is 0 Å². The maximum Gasteiger partial charge on any atom is 0.328 e. The number of hydrogen-bond donors (Lipinski definition) is 9. The van der Waals surface area contributed by atoms with Crippen molar-refractivity contribution in [3.63, 3.8) is 0 Å². The van der Waals surface area contributed by atoms with Gasteiger partial charge in [0.2, 0.25) is 17.7 Å². The Bertz CT molecular complexity index is 1680. The minimum Gasteiger partial charge on any atom is -0.481 e. The fraction of sp³-hybridized carbons (Fsp3) is 0.300. The van der Waals surface area contributed by atoms with Crippen molar-refractivity contribution in [2.24, 2.45) is 5.73 Å². The molecule has 0 aliphatic carbocycles. The van der Waals surface area contributed by atoms with Crippen LogP contribution < -0.4 is 21.7 Å². The maximum atomic E-state index is 13.6. The third-order valence-electron chi connectivity index (χ3n) is 7.24. The van der Waals surface area contributed by atoms with Gasteiger partial charge in [-0.15, -0.1) is 0 Å². The lowest BCUT2D eigenvalue weighted by Crippen LogP contribution is -2.59. The van der Waals surface area contributed by atoms with Crippen molar-refractivity contribution in [1.29, 1.82) is 0 Å². The van der Waals surface area contributed by atoms with Crippen LogP contribution in [-0.4, -0.2) is 85.2 Å². The van der Waals surface area contributed by atoms with Crippen molar-refractivity contribution < 1.29 is 39.3 Å². The quantitative estimate of drug-likeness (QED) is 0.0948. The summed E-state index contributed by atoms with van der Waals surface area (Å²) in [6, 6.07) is 8.95. The number of amides is 3. The summed E-state index contributed by atoms with van der Waals surface area (Å²) in [5.74, 6) is -5.69. The van der Waals surface area contributed by atoms with E-state index in [0.717, 1.165) is 34.3 Å². The highest BCUT2D eigenvalue weighted by Gasteiger charge is 2.33. The molecule has 0 radical (unpaired) electrons. The molecule has 3 amide bonds. The fourth-order valence-corrected chi connectivity index (χ4v) is 4.94. The molecular weight excluding hydrogens is 572 g/mol. The van der Waals surface area contributed by atoms with Crippen molar-refractivity contribution in [3.8, 4) is 0 Å². The number of para-hydroxylation sites is 2. The molecule has 44 heavy (non-hydrogen) atoms. The number of aliphatic hydroxyl groups is 1. The number of carbonyl (C=O) groups excluding carboxylic acids is 3. The zero-order valence-electron chi connectivity index (χ0n) is 23.7. The third kappa shape index (κ3) is 7.59. The van der Waals surface area contributed by atoms with E-state index < -0.39 is 66.4 Å². The van der Waals surface area contributed by atoms with Crippen molar-refractivity contribution in [2.45, 2.75) is 56.5 Å². The second-order valence-electron chi connectivity index (χ2n) is 10.5. The van der Waals surface area contributed by atoms with Crippen LogP contribution in [0.2, 0.25) is 0 Å². The monoisotopic (exact) mass is 606 g/mol. The van der Waals surface area contributed by atoms with E-state index in [1.54, 1.807) is 18.5 Å². The van der Waals surface area contributed by atoms with E-state index in [0.29, 0.717) is 5.56 Å². The van der Waals surface area contributed by atoms with Crippen molar-refractivity contribution >= 4 is 51.5 Å². The zero-order chi connectivity index (χ0) is 32.0. The Balaban J connectivity index is 1.56. The summed E-state index contributed by atoms with van der Waals surface area (Å²) in [6.07, 6.45) is 1.12. The first kappa shape index (κ1) is 31.7. The number of aromatic nitrogens is 2. The molecule has 0 aliphatic heterocycles. The number of carboxylic acid groups (broad SMARTS) is 2. The van der Waals surface area contributed by atoms with Crippen LogP contribution in [0.25, 0.3) is 21.8 Å². The van der Waals surface area contributed by atoms with E-state index in [4.69, 9.17) is 5.73 Å². The standard InChI is InChI=1S/C30H34N6O8/c1-15(37)26(30(43)44)36-29(42)24(12-25(38)39)35-28(41)23(11-17-14-33-22-9-5-3-7-19(17)22)34-27(40)20(31)10-16-13-32-21-8-4-2-6-18(16)21/h2-9,13-15,20,23-24,26,32-33,37H,10-12,31H2,1H3,(H,34,40)(H,35,41)(H,36,42)(H,38,39)(H,43,44). The molecule has 5 atom stereocenters. The van der Waals surface area contributed by atoms with Gasteiger partial charge >= 0.3 is 11.9 Å². The minimum atomic E-state index is -1.75. The number of aliphatic hydroxyl groups excluding tert-OH is 1. The highest BCUT2D eigenvalue weighted by atomic mass is 16.4. The molecule has 5 unspecified atom stereocenters. The van der Waals surface area contributed by atoms with Crippen LogP contribution in [-0.2, 0) is 36.8 Å². The topological polar surface area (TPSA) is 240 Å². The lowest BCUT2D eigenvalue weighted by molar-refractivity contribution is -0.146. The van der Waals surface area contributed by atoms with Crippen LogP contribution in [0.5, 0.6) is 0 Å². The smallest absolute Gasteiger partial charge is 0.328 e. The molecule has 4 aromatic rings. The van der Waals surface area contributed by atoms with Gasteiger partial charge in [0.05, 0.1) is 18.6 Å². The molecule has 0 fully saturated rings. The second kappa shape index (κ2) is 13.8. The highest BCUT2D eigenvalue weighted by molar-refractivity contribution is 5.96. The van der Waals surface area contributed by atoms with Gasteiger partial charge in [-0.2, -0.15) is 0 Å². The number of nitrogens with one attached hydrogen (secondary N) is 5. The summed E-state index contributed by atoms with van der Waals surface area (Å²) in [4.78, 5) is 69.0. The average molecular weight is 607 g/mol. The lowest BCUT2D eigenvalue weighted by Gasteiger charge is -2.25. The number of fused-ring (bicyclic) bond motifs is 2. The summed E-state index contributed by atoms with van der Waals surface area (Å²) in [7, 11) is 0. The van der Waals surface area contributed by atoms with Crippen LogP contribution in [0, 0.1) is 0 Å². The number of carboxylic acids is 2. The van der Waals surface area contributed by atoms with Crippen molar-refractivity contribution in [2.75, 3.05) is 0 Å². The highest BCUT2D eigenvalue weighted by Crippen LogP contribution is 2.21. The van der Waals surface area contributed by atoms with Gasteiger partial charge in [-0.1, -0.05) is 36.4 Å². The van der Waals surface area contributed by atoms with Crippen LogP contribution in [0.1, 0.15) is 24.5 Å². The van der Waals surface area contributed by atoms with Crippen molar-refractivity contribution in [1.82, 2.24) is 25.9 Å². The van der Waals surface area contributed by atoms with E-state index in [1.807, 2.05) is 42.5 Å². The first-order valence-corrected chi connectivity index (χ1v) is 13.8. The normalized spacial score (nSPS) is 14.7. The Labute approximate surface area is 251 Å². The van der Waals surface area contributed by atoms with Gasteiger partial charge in [0.1, 0.15) is 12.1 Å². The molecule has 0 saturated carbocycles. The number of benzene rings is 2. The summed E-state index contributed by atoms with van der Waals surface area (Å²) < 4.78 is 0. The van der Waals surface area contributed by atoms with Crippen molar-refractivity contribution in [3.05, 3.63) is 72.1 Å². The number of aromatic amines is 2. The van der Waals surface area contributed by atoms with Gasteiger partial charge in [0.25, 0.3) is 0 Å². The van der Waals surface area contributed by atoms with Crippen LogP contribution in [0.4, 0.5) is 0 Å². The Morgan fingerprint density at radius 3 is 1.77 bits per heavy atom. The number of hydrogen-bond acceptors (Lipinski definition) is 7. The first-order valence-electron chi connectivity index (χ1n) is 13.8. The molecule has 0 aliphatic rings. The SMILES string of the molecule is CC(O)C(NC(=O)C(CC(=O)O)NC(=O)C(Cc1c[nH]c2ccccc12)NC(=O)C(N)Cc1c[nH]c2ccccc12)C(=O)O. The molecule has 2 aromatic heterocycles. The minimum absolute atomic E-state index is 0.0474. The maximum absolute atomic E-state index is 13.6. The zero-order valence-corrected chi connectivity index (χ0v) is 23.7. The third-order valence-corrected chi connectivity index (χ3v) is 7.24. The molecular formula is C30H34N6O8. The molecule has 0 spiro atoms. The van der Waals surface area contributed by atoms with E-state index >= 15 is 0 Å². The number of nitrogens with two attached hydrogens (primary N) is 1. The molecule has 14 nitrogen and oxygen atoms in total. The summed E-state index contributed by atoms with van der Waals surface area (Å²) in [5, 5.41) is 37.1. The Morgan fingerprint density at radius 1 is 0.750 bits per heavy atom. The lowest BCUT2D eigenvalue weighted by atomic mass is 10.0. The van der Waals surface area contributed by atoms with E-state index in [-0.39, 0.29) is 12.8 Å². The van der Waals surface area contributed by atoms with Crippen LogP contribution in [0.15, 0.2) is 60.9 Å². The number of H-pyrrole nitrogens is 2. The van der Waals surface area contributed by atoms with Gasteiger partial charge in [-0.3, -0.25) is 19.2 Å².